The van der Waals surface area contributed by atoms with Crippen LogP contribution >= 0.6 is 0 Å². The average Bonchev–Trinajstić information content (AvgIpc) is 2.96. The van der Waals surface area contributed by atoms with E-state index < -0.39 is 10.0 Å². The summed E-state index contributed by atoms with van der Waals surface area (Å²) in [6.07, 6.45) is 2.31. The van der Waals surface area contributed by atoms with E-state index in [4.69, 9.17) is 10.5 Å². The summed E-state index contributed by atoms with van der Waals surface area (Å²) in [7, 11) is -3.23. The van der Waals surface area contributed by atoms with Crippen molar-refractivity contribution in [3.05, 3.63) is 0 Å². The van der Waals surface area contributed by atoms with E-state index in [-0.39, 0.29) is 24.5 Å². The zero-order chi connectivity index (χ0) is 12.2. The monoisotopic (exact) mass is 250 g/mol. The maximum absolute atomic E-state index is 11.5. The Kier molecular flexibility index (Phi) is 5.17. The first-order valence-corrected chi connectivity index (χ1v) is 7.40. The Hall–Kier alpha value is -0.170. The summed E-state index contributed by atoms with van der Waals surface area (Å²) in [5.41, 5.74) is 5.80. The highest BCUT2D eigenvalue weighted by atomic mass is 32.2. The van der Waals surface area contributed by atoms with Crippen molar-refractivity contribution in [2.45, 2.75) is 38.8 Å². The summed E-state index contributed by atoms with van der Waals surface area (Å²) >= 11 is 0. The fourth-order valence-corrected chi connectivity index (χ4v) is 2.29. The van der Waals surface area contributed by atoms with Gasteiger partial charge in [0.25, 0.3) is 0 Å². The maximum atomic E-state index is 11.5. The first kappa shape index (κ1) is 13.9. The number of nitrogens with two attached hydrogens (primary N) is 1. The lowest BCUT2D eigenvalue weighted by Crippen LogP contribution is -2.40. The lowest BCUT2D eigenvalue weighted by molar-refractivity contribution is 0.0911. The zero-order valence-electron chi connectivity index (χ0n) is 9.98. The third-order valence-electron chi connectivity index (χ3n) is 2.57. The molecule has 0 radical (unpaired) electrons. The van der Waals surface area contributed by atoms with Crippen LogP contribution in [0, 0.1) is 5.92 Å². The number of hydrogen-bond acceptors (Lipinski definition) is 4. The molecule has 0 amide bonds. The minimum Gasteiger partial charge on any atom is -0.378 e. The Balaban J connectivity index is 2.17. The van der Waals surface area contributed by atoms with Gasteiger partial charge in [0.15, 0.2) is 0 Å². The third-order valence-corrected chi connectivity index (χ3v) is 3.88. The highest BCUT2D eigenvalue weighted by Crippen LogP contribution is 2.31. The lowest BCUT2D eigenvalue weighted by atomic mass is 10.2. The van der Waals surface area contributed by atoms with E-state index in [1.54, 1.807) is 0 Å². The quantitative estimate of drug-likeness (QED) is 0.638. The molecule has 0 aromatic rings. The smallest absolute Gasteiger partial charge is 0.213 e. The van der Waals surface area contributed by atoms with Crippen LogP contribution in [0.3, 0.4) is 0 Å². The molecule has 0 aromatic carbocycles. The molecule has 0 aliphatic heterocycles. The van der Waals surface area contributed by atoms with E-state index in [1.807, 2.05) is 13.8 Å². The van der Waals surface area contributed by atoms with Gasteiger partial charge in [0.1, 0.15) is 0 Å². The molecule has 6 heteroatoms. The van der Waals surface area contributed by atoms with Crippen LogP contribution in [-0.2, 0) is 14.8 Å². The predicted octanol–water partition coefficient (Wildman–Crippen LogP) is 0.0681. The molecule has 1 saturated carbocycles. The minimum absolute atomic E-state index is 0.00255. The van der Waals surface area contributed by atoms with Gasteiger partial charge in [-0.05, 0) is 32.6 Å². The van der Waals surface area contributed by atoms with Gasteiger partial charge in [-0.25, -0.2) is 13.1 Å². The first-order chi connectivity index (χ1) is 7.41. The summed E-state index contributed by atoms with van der Waals surface area (Å²) in [5.74, 6) is 0.511. The van der Waals surface area contributed by atoms with Gasteiger partial charge in [0.2, 0.25) is 10.0 Å². The first-order valence-electron chi connectivity index (χ1n) is 5.75. The van der Waals surface area contributed by atoms with Crippen LogP contribution in [0.2, 0.25) is 0 Å². The molecule has 16 heavy (non-hydrogen) atoms. The van der Waals surface area contributed by atoms with E-state index in [1.165, 1.54) is 0 Å². The normalized spacial score (nSPS) is 19.0. The molecule has 0 spiro atoms. The highest BCUT2D eigenvalue weighted by molar-refractivity contribution is 7.89. The molecule has 0 saturated heterocycles. The summed E-state index contributed by atoms with van der Waals surface area (Å²) < 4.78 is 30.7. The minimum atomic E-state index is -3.23. The number of hydrogen-bond donors (Lipinski definition) is 2. The molecular formula is C10H22N2O3S. The van der Waals surface area contributed by atoms with Gasteiger partial charge in [-0.2, -0.15) is 0 Å². The second-order valence-electron chi connectivity index (χ2n) is 4.59. The van der Waals surface area contributed by atoms with Crippen LogP contribution in [-0.4, -0.2) is 39.5 Å². The molecule has 96 valence electrons. The number of ether oxygens (including phenoxy) is 1. The Morgan fingerprint density at radius 1 is 1.44 bits per heavy atom. The van der Waals surface area contributed by atoms with E-state index in [0.717, 1.165) is 12.8 Å². The van der Waals surface area contributed by atoms with Crippen molar-refractivity contribution in [2.24, 2.45) is 11.7 Å². The largest absolute Gasteiger partial charge is 0.378 e. The molecule has 1 aliphatic carbocycles. The van der Waals surface area contributed by atoms with Crippen LogP contribution in [0.4, 0.5) is 0 Å². The van der Waals surface area contributed by atoms with Crippen molar-refractivity contribution in [3.8, 4) is 0 Å². The summed E-state index contributed by atoms with van der Waals surface area (Å²) in [4.78, 5) is 0. The van der Waals surface area contributed by atoms with Gasteiger partial charge in [-0.1, -0.05) is 0 Å². The fourth-order valence-electron chi connectivity index (χ4n) is 1.38. The van der Waals surface area contributed by atoms with E-state index in [9.17, 15) is 8.42 Å². The summed E-state index contributed by atoms with van der Waals surface area (Å²) in [6.45, 7) is 4.33. The van der Waals surface area contributed by atoms with Crippen LogP contribution in [0.5, 0.6) is 0 Å². The molecular weight excluding hydrogens is 228 g/mol. The molecule has 0 heterocycles. The van der Waals surface area contributed by atoms with Gasteiger partial charge in [0.05, 0.1) is 18.5 Å². The molecule has 1 rings (SSSR count). The van der Waals surface area contributed by atoms with Crippen LogP contribution < -0.4 is 10.5 Å². The Morgan fingerprint density at radius 3 is 2.56 bits per heavy atom. The lowest BCUT2D eigenvalue weighted by Gasteiger charge is -2.12. The van der Waals surface area contributed by atoms with Crippen molar-refractivity contribution in [3.63, 3.8) is 0 Å². The Morgan fingerprint density at radius 2 is 2.06 bits per heavy atom. The Bertz CT molecular complexity index is 299. The fraction of sp³-hybridized carbons (Fsp3) is 1.00. The molecule has 5 nitrogen and oxygen atoms in total. The molecule has 1 unspecified atom stereocenters. The maximum Gasteiger partial charge on any atom is 0.213 e. The van der Waals surface area contributed by atoms with Crippen LogP contribution in [0.25, 0.3) is 0 Å². The zero-order valence-corrected chi connectivity index (χ0v) is 10.8. The molecule has 1 atom stereocenters. The SMILES string of the molecule is CC(C)OCCS(=O)(=O)NCC(N)C1CC1. The standard InChI is InChI=1S/C10H22N2O3S/c1-8(2)15-5-6-16(13,14)12-7-10(11)9-3-4-9/h8-10,12H,3-7,11H2,1-2H3. The molecule has 0 aromatic heterocycles. The molecule has 1 fully saturated rings. The summed E-state index contributed by atoms with van der Waals surface area (Å²) in [6, 6.07) is -0.0409. The number of rotatable bonds is 8. The predicted molar refractivity (Wildman–Crippen MR) is 63.6 cm³/mol. The molecule has 0 bridgehead atoms. The Labute approximate surface area is 97.8 Å². The topological polar surface area (TPSA) is 81.4 Å². The van der Waals surface area contributed by atoms with Gasteiger partial charge in [-0.15, -0.1) is 0 Å². The van der Waals surface area contributed by atoms with E-state index in [0.29, 0.717) is 12.5 Å². The van der Waals surface area contributed by atoms with Crippen LogP contribution in [0.15, 0.2) is 0 Å². The van der Waals surface area contributed by atoms with E-state index >= 15 is 0 Å². The van der Waals surface area contributed by atoms with E-state index in [2.05, 4.69) is 4.72 Å². The number of nitrogens with one attached hydrogen (secondary N) is 1. The van der Waals surface area contributed by atoms with Gasteiger partial charge in [0, 0.05) is 12.6 Å². The van der Waals surface area contributed by atoms with Crippen LogP contribution in [0.1, 0.15) is 26.7 Å². The van der Waals surface area contributed by atoms with Gasteiger partial charge >= 0.3 is 0 Å². The van der Waals surface area contributed by atoms with Crippen molar-refractivity contribution in [2.75, 3.05) is 18.9 Å². The van der Waals surface area contributed by atoms with Crippen molar-refractivity contribution in [1.29, 1.82) is 0 Å². The van der Waals surface area contributed by atoms with Gasteiger partial charge in [-0.3, -0.25) is 0 Å². The van der Waals surface area contributed by atoms with Crippen molar-refractivity contribution in [1.82, 2.24) is 4.72 Å². The second kappa shape index (κ2) is 5.95. The van der Waals surface area contributed by atoms with Crippen molar-refractivity contribution >= 4 is 10.0 Å². The highest BCUT2D eigenvalue weighted by Gasteiger charge is 2.29. The second-order valence-corrected chi connectivity index (χ2v) is 6.51. The third kappa shape index (κ3) is 5.79. The van der Waals surface area contributed by atoms with Gasteiger partial charge < -0.3 is 10.5 Å². The van der Waals surface area contributed by atoms with Crippen molar-refractivity contribution < 1.29 is 13.2 Å². The molecule has 3 N–H and O–H groups in total. The molecule has 1 aliphatic rings. The number of sulfonamides is 1. The average molecular weight is 250 g/mol. The summed E-state index contributed by atoms with van der Waals surface area (Å²) in [5, 5.41) is 0.